The van der Waals surface area contributed by atoms with Crippen LogP contribution in [0, 0.1) is 0 Å². The van der Waals surface area contributed by atoms with Gasteiger partial charge in [-0.05, 0) is 19.8 Å². The third-order valence-electron chi connectivity index (χ3n) is 3.09. The van der Waals surface area contributed by atoms with Crippen LogP contribution < -0.4 is 11.5 Å². The number of rotatable bonds is 5. The second-order valence-corrected chi connectivity index (χ2v) is 4.04. The average Bonchev–Trinajstić information content (AvgIpc) is 2.65. The van der Waals surface area contributed by atoms with Gasteiger partial charge in [0.05, 0.1) is 6.04 Å². The zero-order valence-corrected chi connectivity index (χ0v) is 8.91. The average molecular weight is 199 g/mol. The Morgan fingerprint density at radius 3 is 2.50 bits per heavy atom. The van der Waals surface area contributed by atoms with Crippen molar-refractivity contribution in [2.45, 2.75) is 44.7 Å². The Kier molecular flexibility index (Phi) is 4.35. The van der Waals surface area contributed by atoms with Gasteiger partial charge in [0.2, 0.25) is 5.91 Å². The summed E-state index contributed by atoms with van der Waals surface area (Å²) in [6.07, 6.45) is 4.88. The van der Waals surface area contributed by atoms with Gasteiger partial charge in [0, 0.05) is 19.1 Å². The van der Waals surface area contributed by atoms with Gasteiger partial charge in [-0.1, -0.05) is 12.8 Å². The van der Waals surface area contributed by atoms with Crippen LogP contribution in [-0.4, -0.2) is 36.0 Å². The summed E-state index contributed by atoms with van der Waals surface area (Å²) >= 11 is 0. The summed E-state index contributed by atoms with van der Waals surface area (Å²) in [7, 11) is 0. The van der Waals surface area contributed by atoms with E-state index in [1.807, 2.05) is 6.92 Å². The Labute approximate surface area is 85.6 Å². The molecule has 14 heavy (non-hydrogen) atoms. The largest absolute Gasteiger partial charge is 0.368 e. The third kappa shape index (κ3) is 2.69. The first-order valence-corrected chi connectivity index (χ1v) is 5.42. The number of primary amides is 1. The van der Waals surface area contributed by atoms with Crippen molar-refractivity contribution in [3.8, 4) is 0 Å². The van der Waals surface area contributed by atoms with Crippen LogP contribution in [0.15, 0.2) is 0 Å². The molecule has 4 N–H and O–H groups in total. The van der Waals surface area contributed by atoms with Crippen molar-refractivity contribution >= 4 is 5.91 Å². The molecule has 0 spiro atoms. The molecule has 4 nitrogen and oxygen atoms in total. The smallest absolute Gasteiger partial charge is 0.234 e. The molecule has 1 aliphatic rings. The molecule has 0 bridgehead atoms. The summed E-state index contributed by atoms with van der Waals surface area (Å²) in [4.78, 5) is 13.3. The van der Waals surface area contributed by atoms with Crippen molar-refractivity contribution in [2.24, 2.45) is 11.5 Å². The highest BCUT2D eigenvalue weighted by Crippen LogP contribution is 2.24. The number of amides is 1. The SMILES string of the molecule is CC(C(N)=O)N(CCN)C1CCCC1. The van der Waals surface area contributed by atoms with Crippen LogP contribution in [0.3, 0.4) is 0 Å². The van der Waals surface area contributed by atoms with E-state index in [9.17, 15) is 4.79 Å². The quantitative estimate of drug-likeness (QED) is 0.658. The van der Waals surface area contributed by atoms with E-state index >= 15 is 0 Å². The topological polar surface area (TPSA) is 72.4 Å². The van der Waals surface area contributed by atoms with Gasteiger partial charge < -0.3 is 11.5 Å². The minimum atomic E-state index is -0.245. The fraction of sp³-hybridized carbons (Fsp3) is 0.900. The van der Waals surface area contributed by atoms with E-state index in [0.29, 0.717) is 12.6 Å². The molecule has 0 aromatic rings. The lowest BCUT2D eigenvalue weighted by Crippen LogP contribution is -2.49. The van der Waals surface area contributed by atoms with Crippen molar-refractivity contribution in [3.05, 3.63) is 0 Å². The molecule has 1 rings (SSSR count). The highest BCUT2D eigenvalue weighted by Gasteiger charge is 2.28. The first kappa shape index (κ1) is 11.5. The maximum atomic E-state index is 11.1. The molecule has 1 unspecified atom stereocenters. The van der Waals surface area contributed by atoms with E-state index in [2.05, 4.69) is 4.90 Å². The number of hydrogen-bond donors (Lipinski definition) is 2. The zero-order valence-electron chi connectivity index (χ0n) is 8.91. The van der Waals surface area contributed by atoms with Crippen molar-refractivity contribution in [1.29, 1.82) is 0 Å². The number of hydrogen-bond acceptors (Lipinski definition) is 3. The van der Waals surface area contributed by atoms with Crippen molar-refractivity contribution < 1.29 is 4.79 Å². The molecule has 0 aromatic carbocycles. The van der Waals surface area contributed by atoms with Gasteiger partial charge in [-0.2, -0.15) is 0 Å². The summed E-state index contributed by atoms with van der Waals surface area (Å²) in [6.45, 7) is 3.24. The Balaban J connectivity index is 2.56. The summed E-state index contributed by atoms with van der Waals surface area (Å²) in [5.74, 6) is -0.245. The summed E-state index contributed by atoms with van der Waals surface area (Å²) in [6, 6.07) is 0.336. The fourth-order valence-electron chi connectivity index (χ4n) is 2.24. The second kappa shape index (κ2) is 5.32. The van der Waals surface area contributed by atoms with Crippen LogP contribution in [0.25, 0.3) is 0 Å². The molecule has 0 radical (unpaired) electrons. The second-order valence-electron chi connectivity index (χ2n) is 4.04. The molecular weight excluding hydrogens is 178 g/mol. The van der Waals surface area contributed by atoms with Crippen LogP contribution in [0.4, 0.5) is 0 Å². The van der Waals surface area contributed by atoms with Crippen molar-refractivity contribution in [3.63, 3.8) is 0 Å². The minimum absolute atomic E-state index is 0.179. The van der Waals surface area contributed by atoms with E-state index in [1.165, 1.54) is 25.7 Å². The molecule has 1 saturated carbocycles. The van der Waals surface area contributed by atoms with Gasteiger partial charge in [0.15, 0.2) is 0 Å². The molecule has 4 heteroatoms. The first-order valence-electron chi connectivity index (χ1n) is 5.42. The van der Waals surface area contributed by atoms with Crippen LogP contribution in [-0.2, 0) is 4.79 Å². The highest BCUT2D eigenvalue weighted by atomic mass is 16.1. The van der Waals surface area contributed by atoms with Gasteiger partial charge in [-0.15, -0.1) is 0 Å². The van der Waals surface area contributed by atoms with Crippen LogP contribution in [0.5, 0.6) is 0 Å². The van der Waals surface area contributed by atoms with Gasteiger partial charge in [0.1, 0.15) is 0 Å². The fourth-order valence-corrected chi connectivity index (χ4v) is 2.24. The number of nitrogens with two attached hydrogens (primary N) is 2. The number of nitrogens with zero attached hydrogens (tertiary/aromatic N) is 1. The Morgan fingerprint density at radius 1 is 1.50 bits per heavy atom. The zero-order chi connectivity index (χ0) is 10.6. The van der Waals surface area contributed by atoms with Crippen LogP contribution >= 0.6 is 0 Å². The van der Waals surface area contributed by atoms with E-state index < -0.39 is 0 Å². The normalized spacial score (nSPS) is 20.2. The summed E-state index contributed by atoms with van der Waals surface area (Å²) in [5.41, 5.74) is 10.9. The van der Waals surface area contributed by atoms with Gasteiger partial charge in [0.25, 0.3) is 0 Å². The van der Waals surface area contributed by atoms with Crippen LogP contribution in [0.1, 0.15) is 32.6 Å². The Morgan fingerprint density at radius 2 is 2.07 bits per heavy atom. The lowest BCUT2D eigenvalue weighted by Gasteiger charge is -2.32. The van der Waals surface area contributed by atoms with Crippen molar-refractivity contribution in [2.75, 3.05) is 13.1 Å². The molecule has 1 amide bonds. The molecule has 0 saturated heterocycles. The number of carbonyl (C=O) groups excluding carboxylic acids is 1. The van der Waals surface area contributed by atoms with Gasteiger partial charge in [-0.25, -0.2) is 0 Å². The van der Waals surface area contributed by atoms with Gasteiger partial charge in [-0.3, -0.25) is 9.69 Å². The third-order valence-corrected chi connectivity index (χ3v) is 3.09. The summed E-state index contributed by atoms with van der Waals surface area (Å²) < 4.78 is 0. The predicted octanol–water partition coefficient (Wildman–Crippen LogP) is 0.0635. The Hall–Kier alpha value is -0.610. The monoisotopic (exact) mass is 199 g/mol. The Bertz CT molecular complexity index is 190. The minimum Gasteiger partial charge on any atom is -0.368 e. The van der Waals surface area contributed by atoms with E-state index in [0.717, 1.165) is 6.54 Å². The molecule has 0 heterocycles. The number of carbonyl (C=O) groups is 1. The van der Waals surface area contributed by atoms with Gasteiger partial charge >= 0.3 is 0 Å². The lowest BCUT2D eigenvalue weighted by atomic mass is 10.1. The van der Waals surface area contributed by atoms with E-state index in [-0.39, 0.29) is 11.9 Å². The standard InChI is InChI=1S/C10H21N3O/c1-8(10(12)14)13(7-6-11)9-4-2-3-5-9/h8-9H,2-7,11H2,1H3,(H2,12,14). The predicted molar refractivity (Wildman–Crippen MR) is 56.7 cm³/mol. The lowest BCUT2D eigenvalue weighted by molar-refractivity contribution is -0.123. The van der Waals surface area contributed by atoms with Crippen LogP contribution in [0.2, 0.25) is 0 Å². The maximum Gasteiger partial charge on any atom is 0.234 e. The molecule has 1 atom stereocenters. The molecule has 1 fully saturated rings. The maximum absolute atomic E-state index is 11.1. The van der Waals surface area contributed by atoms with E-state index in [4.69, 9.17) is 11.5 Å². The molecular formula is C10H21N3O. The molecule has 1 aliphatic carbocycles. The highest BCUT2D eigenvalue weighted by molar-refractivity contribution is 5.79. The summed E-state index contributed by atoms with van der Waals surface area (Å²) in [5, 5.41) is 0. The van der Waals surface area contributed by atoms with Crippen molar-refractivity contribution in [1.82, 2.24) is 4.90 Å². The van der Waals surface area contributed by atoms with E-state index in [1.54, 1.807) is 0 Å². The molecule has 0 aliphatic heterocycles. The first-order chi connectivity index (χ1) is 6.66. The molecule has 0 aromatic heterocycles. The molecule has 82 valence electrons.